The zero-order valence-electron chi connectivity index (χ0n) is 27.8. The number of furan rings is 1. The highest BCUT2D eigenvalue weighted by Crippen LogP contribution is 2.42. The summed E-state index contributed by atoms with van der Waals surface area (Å²) in [5, 5.41) is 7.08. The normalized spacial score (nSPS) is 12.6. The van der Waals surface area contributed by atoms with E-state index >= 15 is 0 Å². The van der Waals surface area contributed by atoms with Gasteiger partial charge in [0, 0.05) is 21.7 Å². The highest BCUT2D eigenvalue weighted by Gasteiger charge is 2.26. The van der Waals surface area contributed by atoms with Crippen molar-refractivity contribution >= 4 is 54.5 Å². The van der Waals surface area contributed by atoms with Crippen LogP contribution in [0.4, 0.5) is 0 Å². The number of benzene rings is 6. The maximum atomic E-state index is 6.60. The fourth-order valence-electron chi connectivity index (χ4n) is 7.16. The van der Waals surface area contributed by atoms with Gasteiger partial charge in [-0.25, -0.2) is 4.98 Å². The van der Waals surface area contributed by atoms with Crippen molar-refractivity contribution in [1.29, 1.82) is 0 Å². The molecule has 0 amide bonds. The Morgan fingerprint density at radius 2 is 1.28 bits per heavy atom. The van der Waals surface area contributed by atoms with Crippen LogP contribution in [0.15, 0.2) is 108 Å². The first kappa shape index (κ1) is 28.6. The van der Waals surface area contributed by atoms with Gasteiger partial charge in [-0.3, -0.25) is 4.57 Å². The first-order valence-corrected chi connectivity index (χ1v) is 16.5. The second-order valence-corrected chi connectivity index (χ2v) is 14.5. The van der Waals surface area contributed by atoms with Crippen molar-refractivity contribution in [3.8, 4) is 17.1 Å². The van der Waals surface area contributed by atoms with Crippen molar-refractivity contribution in [3.05, 3.63) is 120 Å². The molecule has 2 aromatic heterocycles. The fourth-order valence-corrected chi connectivity index (χ4v) is 7.16. The van der Waals surface area contributed by atoms with Gasteiger partial charge in [0.2, 0.25) is 0 Å². The topological polar surface area (TPSA) is 31.0 Å². The number of imidazole rings is 1. The standard InChI is InChI=1S/C43H40N2O/c1-25(2)34-23-29(43(5,6)7)24-35(26(3)4)40(34)45-38-15-11-10-14-37(38)44-42(45)28-17-21-39-36(22-28)33-20-19-31-30-13-9-8-12-27(30)16-18-32(31)41(33)46-39/h8-26H,1-7H3. The van der Waals surface area contributed by atoms with Crippen molar-refractivity contribution in [2.45, 2.75) is 65.7 Å². The first-order chi connectivity index (χ1) is 22.1. The van der Waals surface area contributed by atoms with Gasteiger partial charge in [0.15, 0.2) is 0 Å². The number of hydrogen-bond donors (Lipinski definition) is 0. The van der Waals surface area contributed by atoms with Gasteiger partial charge in [-0.1, -0.05) is 109 Å². The van der Waals surface area contributed by atoms with E-state index in [1.165, 1.54) is 38.5 Å². The Labute approximate surface area is 270 Å². The molecule has 0 aliphatic heterocycles. The van der Waals surface area contributed by atoms with Crippen LogP contribution in [0.2, 0.25) is 0 Å². The van der Waals surface area contributed by atoms with E-state index < -0.39 is 0 Å². The maximum Gasteiger partial charge on any atom is 0.145 e. The molecule has 0 bridgehead atoms. The van der Waals surface area contributed by atoms with Crippen molar-refractivity contribution in [2.75, 3.05) is 0 Å². The van der Waals surface area contributed by atoms with E-state index in [9.17, 15) is 0 Å². The third-order valence-electron chi connectivity index (χ3n) is 9.68. The third kappa shape index (κ3) is 4.36. The van der Waals surface area contributed by atoms with Crippen molar-refractivity contribution in [2.24, 2.45) is 0 Å². The van der Waals surface area contributed by atoms with Gasteiger partial charge in [-0.15, -0.1) is 0 Å². The Balaban J connectivity index is 1.41. The molecule has 3 nitrogen and oxygen atoms in total. The molecule has 0 saturated carbocycles. The minimum Gasteiger partial charge on any atom is -0.455 e. The number of aromatic nitrogens is 2. The summed E-state index contributed by atoms with van der Waals surface area (Å²) >= 11 is 0. The van der Waals surface area contributed by atoms with Crippen LogP contribution in [0.5, 0.6) is 0 Å². The Bertz CT molecular complexity index is 2430. The van der Waals surface area contributed by atoms with E-state index in [2.05, 4.69) is 156 Å². The van der Waals surface area contributed by atoms with Gasteiger partial charge in [-0.05, 0) is 92.6 Å². The van der Waals surface area contributed by atoms with Crippen LogP contribution in [-0.2, 0) is 5.41 Å². The van der Waals surface area contributed by atoms with E-state index in [0.717, 1.165) is 49.7 Å². The molecule has 2 heterocycles. The molecule has 8 aromatic rings. The lowest BCUT2D eigenvalue weighted by atomic mass is 9.81. The van der Waals surface area contributed by atoms with Crippen molar-refractivity contribution in [1.82, 2.24) is 9.55 Å². The largest absolute Gasteiger partial charge is 0.455 e. The molecule has 0 radical (unpaired) electrons. The minimum atomic E-state index is 0.0511. The van der Waals surface area contributed by atoms with E-state index in [1.54, 1.807) is 0 Å². The van der Waals surface area contributed by atoms with Crippen LogP contribution in [0.3, 0.4) is 0 Å². The third-order valence-corrected chi connectivity index (χ3v) is 9.68. The zero-order valence-corrected chi connectivity index (χ0v) is 27.8. The Morgan fingerprint density at radius 3 is 2.02 bits per heavy atom. The molecule has 6 aromatic carbocycles. The molecule has 0 aliphatic carbocycles. The first-order valence-electron chi connectivity index (χ1n) is 16.5. The molecule has 46 heavy (non-hydrogen) atoms. The molecule has 8 rings (SSSR count). The lowest BCUT2D eigenvalue weighted by Gasteiger charge is -2.28. The summed E-state index contributed by atoms with van der Waals surface area (Å²) in [6, 6.07) is 37.4. The van der Waals surface area contributed by atoms with Crippen LogP contribution >= 0.6 is 0 Å². The summed E-state index contributed by atoms with van der Waals surface area (Å²) in [5.74, 6) is 1.64. The van der Waals surface area contributed by atoms with Gasteiger partial charge in [0.1, 0.15) is 17.0 Å². The summed E-state index contributed by atoms with van der Waals surface area (Å²) in [5.41, 5.74) is 10.4. The molecule has 3 heteroatoms. The zero-order chi connectivity index (χ0) is 31.9. The van der Waals surface area contributed by atoms with Gasteiger partial charge < -0.3 is 4.42 Å². The molecule has 0 saturated heterocycles. The van der Waals surface area contributed by atoms with E-state index in [1.807, 2.05) is 0 Å². The average Bonchev–Trinajstić information content (AvgIpc) is 3.61. The highest BCUT2D eigenvalue weighted by molar-refractivity contribution is 6.20. The number of para-hydroxylation sites is 2. The Hall–Kier alpha value is -4.89. The molecule has 0 atom stereocenters. The number of fused-ring (bicyclic) bond motifs is 8. The minimum absolute atomic E-state index is 0.0511. The van der Waals surface area contributed by atoms with E-state index in [4.69, 9.17) is 9.40 Å². The fraction of sp³-hybridized carbons (Fsp3) is 0.233. The number of nitrogens with zero attached hydrogens (tertiary/aromatic N) is 2. The molecule has 0 N–H and O–H groups in total. The van der Waals surface area contributed by atoms with Crippen LogP contribution in [0, 0.1) is 0 Å². The van der Waals surface area contributed by atoms with E-state index in [0.29, 0.717) is 11.8 Å². The number of hydrogen-bond acceptors (Lipinski definition) is 2. The molecule has 0 spiro atoms. The molecule has 228 valence electrons. The number of rotatable bonds is 4. The predicted octanol–water partition coefficient (Wildman–Crippen LogP) is 12.4. The maximum absolute atomic E-state index is 6.60. The second kappa shape index (κ2) is 10.3. The molecule has 0 fully saturated rings. The second-order valence-electron chi connectivity index (χ2n) is 14.5. The molecule has 0 aliphatic rings. The Kier molecular flexibility index (Phi) is 6.41. The summed E-state index contributed by atoms with van der Waals surface area (Å²) in [6.07, 6.45) is 0. The van der Waals surface area contributed by atoms with Crippen LogP contribution < -0.4 is 0 Å². The molecular formula is C43H40N2O. The molecule has 0 unspecified atom stereocenters. The monoisotopic (exact) mass is 600 g/mol. The summed E-state index contributed by atoms with van der Waals surface area (Å²) in [4.78, 5) is 5.32. The summed E-state index contributed by atoms with van der Waals surface area (Å²) < 4.78 is 9.03. The smallest absolute Gasteiger partial charge is 0.145 e. The van der Waals surface area contributed by atoms with Crippen LogP contribution in [0.25, 0.3) is 71.6 Å². The van der Waals surface area contributed by atoms with Crippen LogP contribution in [-0.4, -0.2) is 9.55 Å². The SMILES string of the molecule is CC(C)c1cc(C(C)(C)C)cc(C(C)C)c1-n1c(-c2ccc3oc4c(ccc5c6ccccc6ccc54)c3c2)nc2ccccc21. The van der Waals surface area contributed by atoms with Gasteiger partial charge in [-0.2, -0.15) is 0 Å². The summed E-state index contributed by atoms with van der Waals surface area (Å²) in [6.45, 7) is 16.2. The Morgan fingerprint density at radius 1 is 0.630 bits per heavy atom. The molecular weight excluding hydrogens is 560 g/mol. The highest BCUT2D eigenvalue weighted by atomic mass is 16.3. The lowest BCUT2D eigenvalue weighted by Crippen LogP contribution is -2.16. The lowest BCUT2D eigenvalue weighted by molar-refractivity contribution is 0.586. The van der Waals surface area contributed by atoms with Crippen molar-refractivity contribution in [3.63, 3.8) is 0 Å². The summed E-state index contributed by atoms with van der Waals surface area (Å²) in [7, 11) is 0. The van der Waals surface area contributed by atoms with Gasteiger partial charge in [0.25, 0.3) is 0 Å². The van der Waals surface area contributed by atoms with E-state index in [-0.39, 0.29) is 5.41 Å². The van der Waals surface area contributed by atoms with Gasteiger partial charge >= 0.3 is 0 Å². The average molecular weight is 601 g/mol. The van der Waals surface area contributed by atoms with Crippen molar-refractivity contribution < 1.29 is 4.42 Å². The quantitative estimate of drug-likeness (QED) is 0.188. The predicted molar refractivity (Wildman–Crippen MR) is 196 cm³/mol. The van der Waals surface area contributed by atoms with Crippen LogP contribution in [0.1, 0.15) is 77.0 Å². The van der Waals surface area contributed by atoms with Gasteiger partial charge in [0.05, 0.1) is 16.7 Å².